The van der Waals surface area contributed by atoms with Crippen molar-refractivity contribution in [3.05, 3.63) is 90.3 Å². The fourth-order valence-electron chi connectivity index (χ4n) is 2.71. The predicted octanol–water partition coefficient (Wildman–Crippen LogP) is 5.09. The standard InChI is InChI=1S/C20H15NO/c1-3-7-15(8-4-1)11-16-12-19-20(21-13-16)18(14-22-19)17-9-5-2-6-10-17/h1-10,12-14H,11H2. The van der Waals surface area contributed by atoms with E-state index in [9.17, 15) is 0 Å². The first-order chi connectivity index (χ1) is 10.9. The molecule has 0 aliphatic heterocycles. The molecule has 0 fully saturated rings. The molecular weight excluding hydrogens is 270 g/mol. The van der Waals surface area contributed by atoms with Gasteiger partial charge in [0.15, 0.2) is 5.58 Å². The molecule has 2 heteroatoms. The van der Waals surface area contributed by atoms with Gasteiger partial charge in [0.1, 0.15) is 11.8 Å². The zero-order valence-electron chi connectivity index (χ0n) is 12.1. The van der Waals surface area contributed by atoms with Crippen LogP contribution in [0.2, 0.25) is 0 Å². The Labute approximate surface area is 129 Å². The van der Waals surface area contributed by atoms with Crippen LogP contribution in [0, 0.1) is 0 Å². The first kappa shape index (κ1) is 12.8. The lowest BCUT2D eigenvalue weighted by Crippen LogP contribution is -1.89. The normalized spacial score (nSPS) is 10.9. The van der Waals surface area contributed by atoms with E-state index in [0.717, 1.165) is 34.2 Å². The molecule has 0 N–H and O–H groups in total. The average Bonchev–Trinajstić information content (AvgIpc) is 3.00. The number of fused-ring (bicyclic) bond motifs is 1. The zero-order valence-corrected chi connectivity index (χ0v) is 12.1. The first-order valence-corrected chi connectivity index (χ1v) is 7.35. The quantitative estimate of drug-likeness (QED) is 0.524. The van der Waals surface area contributed by atoms with Gasteiger partial charge in [-0.2, -0.15) is 0 Å². The SMILES string of the molecule is c1ccc(Cc2cnc3c(-c4ccccc4)coc3c2)cc1. The summed E-state index contributed by atoms with van der Waals surface area (Å²) in [6.45, 7) is 0. The topological polar surface area (TPSA) is 26.0 Å². The van der Waals surface area contributed by atoms with Crippen LogP contribution in [0.15, 0.2) is 83.6 Å². The second kappa shape index (κ2) is 5.49. The number of benzene rings is 2. The van der Waals surface area contributed by atoms with Gasteiger partial charge < -0.3 is 4.42 Å². The number of hydrogen-bond acceptors (Lipinski definition) is 2. The van der Waals surface area contributed by atoms with Crippen LogP contribution in [0.5, 0.6) is 0 Å². The monoisotopic (exact) mass is 285 g/mol. The van der Waals surface area contributed by atoms with E-state index in [-0.39, 0.29) is 0 Å². The van der Waals surface area contributed by atoms with Crippen LogP contribution in [0.3, 0.4) is 0 Å². The molecule has 2 nitrogen and oxygen atoms in total. The summed E-state index contributed by atoms with van der Waals surface area (Å²) in [6, 6.07) is 22.7. The van der Waals surface area contributed by atoms with E-state index in [1.165, 1.54) is 5.56 Å². The third-order valence-corrected chi connectivity index (χ3v) is 3.80. The van der Waals surface area contributed by atoms with Gasteiger partial charge in [0.25, 0.3) is 0 Å². The Bertz CT molecular complexity index is 895. The molecule has 2 heterocycles. The molecule has 106 valence electrons. The summed E-state index contributed by atoms with van der Waals surface area (Å²) >= 11 is 0. The van der Waals surface area contributed by atoms with E-state index < -0.39 is 0 Å². The molecule has 0 aliphatic rings. The maximum Gasteiger partial charge on any atom is 0.153 e. The number of aromatic nitrogens is 1. The fourth-order valence-corrected chi connectivity index (χ4v) is 2.71. The lowest BCUT2D eigenvalue weighted by atomic mass is 10.1. The molecule has 0 aliphatic carbocycles. The maximum atomic E-state index is 5.72. The number of pyridine rings is 1. The van der Waals surface area contributed by atoms with Crippen LogP contribution < -0.4 is 0 Å². The highest BCUT2D eigenvalue weighted by molar-refractivity contribution is 5.90. The fraction of sp³-hybridized carbons (Fsp3) is 0.0500. The number of rotatable bonds is 3. The molecule has 0 saturated heterocycles. The molecular formula is C20H15NO. The number of nitrogens with zero attached hydrogens (tertiary/aromatic N) is 1. The predicted molar refractivity (Wildman–Crippen MR) is 88.7 cm³/mol. The highest BCUT2D eigenvalue weighted by Gasteiger charge is 2.10. The third kappa shape index (κ3) is 2.40. The van der Waals surface area contributed by atoms with Crippen molar-refractivity contribution in [2.75, 3.05) is 0 Å². The number of hydrogen-bond donors (Lipinski definition) is 0. The summed E-state index contributed by atoms with van der Waals surface area (Å²) in [4.78, 5) is 4.62. The van der Waals surface area contributed by atoms with Gasteiger partial charge in [-0.15, -0.1) is 0 Å². The molecule has 2 aromatic carbocycles. The molecule has 22 heavy (non-hydrogen) atoms. The van der Waals surface area contributed by atoms with Crippen molar-refractivity contribution in [2.24, 2.45) is 0 Å². The van der Waals surface area contributed by atoms with E-state index in [1.807, 2.05) is 30.5 Å². The molecule has 0 saturated carbocycles. The lowest BCUT2D eigenvalue weighted by Gasteiger charge is -2.02. The Morgan fingerprint density at radius 3 is 2.32 bits per heavy atom. The van der Waals surface area contributed by atoms with Gasteiger partial charge in [0, 0.05) is 11.8 Å². The largest absolute Gasteiger partial charge is 0.462 e. The van der Waals surface area contributed by atoms with E-state index in [1.54, 1.807) is 6.26 Å². The van der Waals surface area contributed by atoms with E-state index >= 15 is 0 Å². The lowest BCUT2D eigenvalue weighted by molar-refractivity contribution is 0.616. The summed E-state index contributed by atoms with van der Waals surface area (Å²) in [6.07, 6.45) is 4.60. The smallest absolute Gasteiger partial charge is 0.153 e. The maximum absolute atomic E-state index is 5.72. The Morgan fingerprint density at radius 2 is 1.55 bits per heavy atom. The van der Waals surface area contributed by atoms with Crippen molar-refractivity contribution in [3.63, 3.8) is 0 Å². The van der Waals surface area contributed by atoms with Crippen molar-refractivity contribution in [2.45, 2.75) is 6.42 Å². The molecule has 0 unspecified atom stereocenters. The molecule has 0 spiro atoms. The van der Waals surface area contributed by atoms with Crippen LogP contribution in [-0.4, -0.2) is 4.98 Å². The second-order valence-electron chi connectivity index (χ2n) is 5.37. The van der Waals surface area contributed by atoms with Crippen LogP contribution in [0.4, 0.5) is 0 Å². The summed E-state index contributed by atoms with van der Waals surface area (Å²) < 4.78 is 5.72. The molecule has 2 aromatic heterocycles. The Kier molecular flexibility index (Phi) is 3.20. The molecule has 0 bridgehead atoms. The minimum Gasteiger partial charge on any atom is -0.462 e. The van der Waals surface area contributed by atoms with Gasteiger partial charge in [-0.1, -0.05) is 60.7 Å². The third-order valence-electron chi connectivity index (χ3n) is 3.80. The van der Waals surface area contributed by atoms with Crippen LogP contribution in [-0.2, 0) is 6.42 Å². The highest BCUT2D eigenvalue weighted by atomic mass is 16.3. The van der Waals surface area contributed by atoms with Crippen molar-refractivity contribution >= 4 is 11.1 Å². The van der Waals surface area contributed by atoms with Gasteiger partial charge in [-0.05, 0) is 29.2 Å². The van der Waals surface area contributed by atoms with Crippen molar-refractivity contribution in [3.8, 4) is 11.1 Å². The summed E-state index contributed by atoms with van der Waals surface area (Å²) in [7, 11) is 0. The van der Waals surface area contributed by atoms with Crippen LogP contribution in [0.25, 0.3) is 22.2 Å². The van der Waals surface area contributed by atoms with Gasteiger partial charge >= 0.3 is 0 Å². The first-order valence-electron chi connectivity index (χ1n) is 7.35. The molecule has 0 atom stereocenters. The van der Waals surface area contributed by atoms with Gasteiger partial charge in [-0.25, -0.2) is 0 Å². The van der Waals surface area contributed by atoms with Crippen molar-refractivity contribution in [1.82, 2.24) is 4.98 Å². The molecule has 4 rings (SSSR count). The summed E-state index contributed by atoms with van der Waals surface area (Å²) in [5.41, 5.74) is 6.37. The van der Waals surface area contributed by atoms with Gasteiger partial charge in [-0.3, -0.25) is 4.98 Å². The Morgan fingerprint density at radius 1 is 0.818 bits per heavy atom. The van der Waals surface area contributed by atoms with E-state index in [0.29, 0.717) is 0 Å². The van der Waals surface area contributed by atoms with E-state index in [4.69, 9.17) is 4.42 Å². The minimum absolute atomic E-state index is 0.840. The van der Waals surface area contributed by atoms with E-state index in [2.05, 4.69) is 47.4 Å². The van der Waals surface area contributed by atoms with Gasteiger partial charge in [0.05, 0.1) is 0 Å². The van der Waals surface area contributed by atoms with Crippen LogP contribution >= 0.6 is 0 Å². The van der Waals surface area contributed by atoms with Crippen molar-refractivity contribution < 1.29 is 4.42 Å². The molecule has 4 aromatic rings. The highest BCUT2D eigenvalue weighted by Crippen LogP contribution is 2.29. The number of furan rings is 1. The summed E-state index contributed by atoms with van der Waals surface area (Å²) in [5.74, 6) is 0. The average molecular weight is 285 g/mol. The van der Waals surface area contributed by atoms with Gasteiger partial charge in [0.2, 0.25) is 0 Å². The zero-order chi connectivity index (χ0) is 14.8. The Balaban J connectivity index is 1.71. The molecule has 0 amide bonds. The summed E-state index contributed by atoms with van der Waals surface area (Å²) in [5, 5.41) is 0. The minimum atomic E-state index is 0.840. The Hall–Kier alpha value is -2.87. The second-order valence-corrected chi connectivity index (χ2v) is 5.37. The molecule has 0 radical (unpaired) electrons. The van der Waals surface area contributed by atoms with Crippen LogP contribution in [0.1, 0.15) is 11.1 Å². The van der Waals surface area contributed by atoms with Crippen molar-refractivity contribution in [1.29, 1.82) is 0 Å².